The summed E-state index contributed by atoms with van der Waals surface area (Å²) in [7, 11) is 0. The van der Waals surface area contributed by atoms with Gasteiger partial charge in [0.1, 0.15) is 0 Å². The van der Waals surface area contributed by atoms with Gasteiger partial charge in [-0.3, -0.25) is 0 Å². The highest BCUT2D eigenvalue weighted by Gasteiger charge is 2.20. The van der Waals surface area contributed by atoms with Gasteiger partial charge in [0.15, 0.2) is 5.82 Å². The summed E-state index contributed by atoms with van der Waals surface area (Å²) < 4.78 is 4.86. The van der Waals surface area contributed by atoms with Gasteiger partial charge in [0, 0.05) is 53.3 Å². The molecule has 0 aliphatic rings. The summed E-state index contributed by atoms with van der Waals surface area (Å²) in [6.45, 7) is 0. The number of rotatable bonds is 5. The molecule has 4 heteroatoms. The summed E-state index contributed by atoms with van der Waals surface area (Å²) in [4.78, 5) is 10.8. The highest BCUT2D eigenvalue weighted by Crippen LogP contribution is 2.42. The Labute approximate surface area is 293 Å². The SMILES string of the molecule is c1ccc(-c2ccc(-c3cc(-c4cccc5c4sc4ccccc45)nc(-c4cccc5c4c4ccccc4n5-c4ccccc4)n3)cc2)cc1. The van der Waals surface area contributed by atoms with Crippen LogP contribution in [0.15, 0.2) is 176 Å². The van der Waals surface area contributed by atoms with E-state index in [4.69, 9.17) is 9.97 Å². The molecule has 10 rings (SSSR count). The first-order valence-corrected chi connectivity index (χ1v) is 17.7. The Balaban J connectivity index is 1.23. The second kappa shape index (κ2) is 11.7. The van der Waals surface area contributed by atoms with Gasteiger partial charge in [0.2, 0.25) is 0 Å². The molecule has 0 unspecified atom stereocenters. The summed E-state index contributed by atoms with van der Waals surface area (Å²) in [5.74, 6) is 0.712. The Morgan fingerprint density at radius 2 is 1.02 bits per heavy atom. The number of aromatic nitrogens is 3. The largest absolute Gasteiger partial charge is 0.309 e. The molecule has 0 aliphatic carbocycles. The summed E-state index contributed by atoms with van der Waals surface area (Å²) in [5, 5.41) is 4.86. The lowest BCUT2D eigenvalue weighted by atomic mass is 10.0. The number of para-hydroxylation sites is 2. The van der Waals surface area contributed by atoms with E-state index in [-0.39, 0.29) is 0 Å². The van der Waals surface area contributed by atoms with Crippen LogP contribution in [0.5, 0.6) is 0 Å². The second-order valence-corrected chi connectivity index (χ2v) is 13.6. The van der Waals surface area contributed by atoms with Gasteiger partial charge in [-0.05, 0) is 47.5 Å². The Hall–Kier alpha value is -6.36. The van der Waals surface area contributed by atoms with Gasteiger partial charge in [-0.25, -0.2) is 9.97 Å². The van der Waals surface area contributed by atoms with Crippen LogP contribution in [0.25, 0.3) is 92.7 Å². The maximum atomic E-state index is 5.41. The van der Waals surface area contributed by atoms with Crippen molar-refractivity contribution < 1.29 is 0 Å². The highest BCUT2D eigenvalue weighted by molar-refractivity contribution is 7.26. The zero-order valence-corrected chi connectivity index (χ0v) is 27.8. The minimum atomic E-state index is 0.712. The molecule has 10 aromatic rings. The van der Waals surface area contributed by atoms with Crippen LogP contribution in [-0.4, -0.2) is 14.5 Å². The topological polar surface area (TPSA) is 30.7 Å². The van der Waals surface area contributed by atoms with Crippen molar-refractivity contribution in [3.8, 4) is 50.7 Å². The third-order valence-corrected chi connectivity index (χ3v) is 10.9. The molecule has 0 amide bonds. The molecule has 3 heterocycles. The Morgan fingerprint density at radius 1 is 0.420 bits per heavy atom. The molecule has 0 atom stereocenters. The van der Waals surface area contributed by atoms with E-state index >= 15 is 0 Å². The molecule has 0 bridgehead atoms. The Bertz CT molecular complexity index is 2850. The Kier molecular flexibility index (Phi) is 6.68. The lowest BCUT2D eigenvalue weighted by Gasteiger charge is -2.12. The molecule has 0 radical (unpaired) electrons. The van der Waals surface area contributed by atoms with Crippen LogP contribution in [0.4, 0.5) is 0 Å². The zero-order chi connectivity index (χ0) is 33.0. The maximum absolute atomic E-state index is 5.41. The van der Waals surface area contributed by atoms with E-state index < -0.39 is 0 Å². The van der Waals surface area contributed by atoms with Crippen molar-refractivity contribution in [3.05, 3.63) is 176 Å². The van der Waals surface area contributed by atoms with E-state index in [0.29, 0.717) is 5.82 Å². The molecule has 3 aromatic heterocycles. The quantitative estimate of drug-likeness (QED) is 0.185. The standard InChI is InChI=1S/C46H29N3S/c1-3-13-30(14-4-1)31-25-27-32(28-26-31)39-29-40(36-20-11-19-35-34-17-8-10-24-43(34)50-45(35)36)48-46(47-39)38-21-12-23-42-44(38)37-18-7-9-22-41(37)49(42)33-15-5-2-6-16-33/h1-29H. The van der Waals surface area contributed by atoms with Crippen molar-refractivity contribution in [3.63, 3.8) is 0 Å². The molecule has 0 N–H and O–H groups in total. The molecule has 7 aromatic carbocycles. The number of fused-ring (bicyclic) bond motifs is 6. The van der Waals surface area contributed by atoms with Crippen molar-refractivity contribution in [2.75, 3.05) is 0 Å². The maximum Gasteiger partial charge on any atom is 0.161 e. The van der Waals surface area contributed by atoms with Crippen molar-refractivity contribution in [1.82, 2.24) is 14.5 Å². The Morgan fingerprint density at radius 3 is 1.86 bits per heavy atom. The minimum absolute atomic E-state index is 0.712. The second-order valence-electron chi connectivity index (χ2n) is 12.6. The van der Waals surface area contributed by atoms with Crippen LogP contribution in [0.2, 0.25) is 0 Å². The third kappa shape index (κ3) is 4.65. The van der Waals surface area contributed by atoms with Crippen LogP contribution >= 0.6 is 11.3 Å². The fourth-order valence-electron chi connectivity index (χ4n) is 7.33. The van der Waals surface area contributed by atoms with Gasteiger partial charge in [-0.2, -0.15) is 0 Å². The molecule has 234 valence electrons. The number of hydrogen-bond acceptors (Lipinski definition) is 3. The molecule has 3 nitrogen and oxygen atoms in total. The van der Waals surface area contributed by atoms with Gasteiger partial charge >= 0.3 is 0 Å². The molecule has 0 fully saturated rings. The van der Waals surface area contributed by atoms with Crippen molar-refractivity contribution in [2.24, 2.45) is 0 Å². The van der Waals surface area contributed by atoms with Crippen LogP contribution in [-0.2, 0) is 0 Å². The summed E-state index contributed by atoms with van der Waals surface area (Å²) in [6.07, 6.45) is 0. The number of benzene rings is 7. The number of nitrogens with zero attached hydrogens (tertiary/aromatic N) is 3. The van der Waals surface area contributed by atoms with Gasteiger partial charge in [-0.1, -0.05) is 140 Å². The average Bonchev–Trinajstić information content (AvgIpc) is 3.75. The predicted molar refractivity (Wildman–Crippen MR) is 211 cm³/mol. The molecule has 0 saturated heterocycles. The first-order chi connectivity index (χ1) is 24.8. The summed E-state index contributed by atoms with van der Waals surface area (Å²) in [5.41, 5.74) is 10.8. The fraction of sp³-hybridized carbons (Fsp3) is 0. The molecule has 0 saturated carbocycles. The van der Waals surface area contributed by atoms with E-state index in [1.165, 1.54) is 36.7 Å². The summed E-state index contributed by atoms with van der Waals surface area (Å²) >= 11 is 1.83. The monoisotopic (exact) mass is 655 g/mol. The fourth-order valence-corrected chi connectivity index (χ4v) is 8.55. The zero-order valence-electron chi connectivity index (χ0n) is 27.0. The highest BCUT2D eigenvalue weighted by atomic mass is 32.1. The first-order valence-electron chi connectivity index (χ1n) is 16.8. The smallest absolute Gasteiger partial charge is 0.161 e. The van der Waals surface area contributed by atoms with Gasteiger partial charge in [0.25, 0.3) is 0 Å². The van der Waals surface area contributed by atoms with E-state index in [9.17, 15) is 0 Å². The van der Waals surface area contributed by atoms with E-state index in [1.54, 1.807) is 0 Å². The van der Waals surface area contributed by atoms with Crippen LogP contribution in [0, 0.1) is 0 Å². The van der Waals surface area contributed by atoms with E-state index in [1.807, 2.05) is 11.3 Å². The first kappa shape index (κ1) is 28.6. The lowest BCUT2D eigenvalue weighted by Crippen LogP contribution is -1.97. The molecule has 0 aliphatic heterocycles. The van der Waals surface area contributed by atoms with E-state index in [0.717, 1.165) is 50.2 Å². The number of thiophene rings is 1. The molecular weight excluding hydrogens is 627 g/mol. The summed E-state index contributed by atoms with van der Waals surface area (Å²) in [6, 6.07) is 62.4. The molecular formula is C46H29N3S. The van der Waals surface area contributed by atoms with E-state index in [2.05, 4.69) is 180 Å². The molecule has 50 heavy (non-hydrogen) atoms. The van der Waals surface area contributed by atoms with Crippen LogP contribution < -0.4 is 0 Å². The van der Waals surface area contributed by atoms with Gasteiger partial charge in [-0.15, -0.1) is 11.3 Å². The van der Waals surface area contributed by atoms with Crippen LogP contribution in [0.3, 0.4) is 0 Å². The van der Waals surface area contributed by atoms with Gasteiger partial charge in [0.05, 0.1) is 22.4 Å². The van der Waals surface area contributed by atoms with Crippen LogP contribution in [0.1, 0.15) is 0 Å². The van der Waals surface area contributed by atoms with Crippen molar-refractivity contribution >= 4 is 53.3 Å². The normalized spacial score (nSPS) is 11.6. The van der Waals surface area contributed by atoms with Crippen molar-refractivity contribution in [2.45, 2.75) is 0 Å². The molecule has 0 spiro atoms. The number of hydrogen-bond donors (Lipinski definition) is 0. The third-order valence-electron chi connectivity index (χ3n) is 9.65. The predicted octanol–water partition coefficient (Wildman–Crippen LogP) is 12.6. The van der Waals surface area contributed by atoms with Gasteiger partial charge < -0.3 is 4.57 Å². The van der Waals surface area contributed by atoms with Crippen molar-refractivity contribution in [1.29, 1.82) is 0 Å². The minimum Gasteiger partial charge on any atom is -0.309 e. The average molecular weight is 656 g/mol. The lowest BCUT2D eigenvalue weighted by molar-refractivity contribution is 1.17.